The Balaban J connectivity index is 1.48. The van der Waals surface area contributed by atoms with Crippen molar-refractivity contribution in [3.8, 4) is 0 Å². The molecular formula is C22H27N3O4S. The summed E-state index contributed by atoms with van der Waals surface area (Å²) in [4.78, 5) is 15.2. The van der Waals surface area contributed by atoms with Gasteiger partial charge in [0.2, 0.25) is 10.0 Å². The molecule has 2 aliphatic heterocycles. The fraction of sp³-hybridized carbons (Fsp3) is 0.409. The first-order chi connectivity index (χ1) is 14.5. The average Bonchev–Trinajstić information content (AvgIpc) is 3.47. The van der Waals surface area contributed by atoms with Crippen LogP contribution in [0.3, 0.4) is 0 Å². The summed E-state index contributed by atoms with van der Waals surface area (Å²) in [6.07, 6.45) is 3.98. The van der Waals surface area contributed by atoms with Gasteiger partial charge in [0.25, 0.3) is 5.91 Å². The first-order valence-corrected chi connectivity index (χ1v) is 11.9. The van der Waals surface area contributed by atoms with Crippen molar-refractivity contribution < 1.29 is 17.9 Å². The van der Waals surface area contributed by atoms with Crippen molar-refractivity contribution in [2.75, 3.05) is 36.5 Å². The number of ether oxygens (including phenoxy) is 1. The van der Waals surface area contributed by atoms with E-state index in [1.807, 2.05) is 24.3 Å². The molecule has 30 heavy (non-hydrogen) atoms. The lowest BCUT2D eigenvalue weighted by molar-refractivity contribution is 0.102. The van der Waals surface area contributed by atoms with Crippen molar-refractivity contribution in [2.24, 2.45) is 0 Å². The number of hydrogen-bond donors (Lipinski definition) is 2. The Labute approximate surface area is 177 Å². The SMILES string of the molecule is O=C(Nc1ccccc1N1CCCC1)c1cccc(S(=O)(=O)NCC2CCCO2)c1. The maximum atomic E-state index is 12.9. The number of sulfonamides is 1. The van der Waals surface area contributed by atoms with Crippen molar-refractivity contribution in [2.45, 2.75) is 36.7 Å². The van der Waals surface area contributed by atoms with E-state index in [9.17, 15) is 13.2 Å². The number of rotatable bonds is 7. The number of benzene rings is 2. The van der Waals surface area contributed by atoms with Gasteiger partial charge in [0.15, 0.2) is 0 Å². The minimum absolute atomic E-state index is 0.0703. The van der Waals surface area contributed by atoms with Crippen LogP contribution in [0.25, 0.3) is 0 Å². The minimum atomic E-state index is -3.72. The third-order valence-electron chi connectivity index (χ3n) is 5.53. The van der Waals surface area contributed by atoms with E-state index < -0.39 is 10.0 Å². The smallest absolute Gasteiger partial charge is 0.255 e. The summed E-state index contributed by atoms with van der Waals surface area (Å²) in [7, 11) is -3.72. The first kappa shape index (κ1) is 20.8. The number of anilines is 2. The summed E-state index contributed by atoms with van der Waals surface area (Å²) >= 11 is 0. The lowest BCUT2D eigenvalue weighted by Crippen LogP contribution is -2.32. The van der Waals surface area contributed by atoms with Gasteiger partial charge in [-0.05, 0) is 56.0 Å². The summed E-state index contributed by atoms with van der Waals surface area (Å²) in [6, 6.07) is 13.8. The van der Waals surface area contributed by atoms with E-state index >= 15 is 0 Å². The zero-order valence-electron chi connectivity index (χ0n) is 16.8. The molecule has 2 aromatic rings. The molecule has 2 N–H and O–H groups in total. The zero-order valence-corrected chi connectivity index (χ0v) is 17.7. The fourth-order valence-electron chi connectivity index (χ4n) is 3.90. The third-order valence-corrected chi connectivity index (χ3v) is 6.95. The van der Waals surface area contributed by atoms with Gasteiger partial charge in [-0.1, -0.05) is 18.2 Å². The Bertz CT molecular complexity index is 997. The van der Waals surface area contributed by atoms with Gasteiger partial charge >= 0.3 is 0 Å². The van der Waals surface area contributed by atoms with Crippen LogP contribution in [0.1, 0.15) is 36.0 Å². The molecular weight excluding hydrogens is 402 g/mol. The van der Waals surface area contributed by atoms with Crippen LogP contribution in [0.4, 0.5) is 11.4 Å². The van der Waals surface area contributed by atoms with Crippen LogP contribution >= 0.6 is 0 Å². The van der Waals surface area contributed by atoms with E-state index in [4.69, 9.17) is 4.74 Å². The lowest BCUT2D eigenvalue weighted by Gasteiger charge is -2.21. The van der Waals surface area contributed by atoms with Gasteiger partial charge in [0.05, 0.1) is 22.4 Å². The molecule has 0 radical (unpaired) electrons. The maximum Gasteiger partial charge on any atom is 0.255 e. The van der Waals surface area contributed by atoms with E-state index in [0.29, 0.717) is 12.2 Å². The predicted octanol–water partition coefficient (Wildman–Crippen LogP) is 3.00. The average molecular weight is 430 g/mol. The summed E-state index contributed by atoms with van der Waals surface area (Å²) in [5.41, 5.74) is 2.02. The quantitative estimate of drug-likeness (QED) is 0.707. The maximum absolute atomic E-state index is 12.9. The molecule has 1 atom stereocenters. The molecule has 0 aromatic heterocycles. The third kappa shape index (κ3) is 4.83. The van der Waals surface area contributed by atoms with Gasteiger partial charge in [0, 0.05) is 31.8 Å². The molecule has 2 aliphatic rings. The van der Waals surface area contributed by atoms with Crippen molar-refractivity contribution in [3.05, 3.63) is 54.1 Å². The van der Waals surface area contributed by atoms with Gasteiger partial charge in [-0.25, -0.2) is 13.1 Å². The molecule has 2 aromatic carbocycles. The van der Waals surface area contributed by atoms with Crippen LogP contribution in [0.2, 0.25) is 0 Å². The standard InChI is InChI=1S/C22H27N3O4S/c26-22(24-20-10-1-2-11-21(20)25-12-3-4-13-25)17-7-5-9-19(15-17)30(27,28)23-16-18-8-6-14-29-18/h1-2,5,7,9-11,15,18,23H,3-4,6,8,12-14,16H2,(H,24,26). The number of carbonyl (C=O) groups excluding carboxylic acids is 1. The van der Waals surface area contributed by atoms with Crippen molar-refractivity contribution in [1.29, 1.82) is 0 Å². The van der Waals surface area contributed by atoms with Gasteiger partial charge < -0.3 is 15.0 Å². The highest BCUT2D eigenvalue weighted by Crippen LogP contribution is 2.29. The number of carbonyl (C=O) groups is 1. The van der Waals surface area contributed by atoms with E-state index in [1.54, 1.807) is 12.1 Å². The number of amides is 1. The molecule has 1 unspecified atom stereocenters. The summed E-state index contributed by atoms with van der Waals surface area (Å²) in [6.45, 7) is 2.84. The second-order valence-corrected chi connectivity index (χ2v) is 9.45. The Kier molecular flexibility index (Phi) is 6.36. The van der Waals surface area contributed by atoms with Crippen molar-refractivity contribution in [1.82, 2.24) is 4.72 Å². The summed E-state index contributed by atoms with van der Waals surface area (Å²) in [5, 5.41) is 2.94. The van der Waals surface area contributed by atoms with Crippen LogP contribution in [0, 0.1) is 0 Å². The normalized spacial score (nSPS) is 19.2. The Morgan fingerprint density at radius 3 is 2.63 bits per heavy atom. The zero-order chi connectivity index (χ0) is 21.0. The van der Waals surface area contributed by atoms with Gasteiger partial charge in [-0.3, -0.25) is 4.79 Å². The van der Waals surface area contributed by atoms with E-state index in [1.165, 1.54) is 12.1 Å². The monoisotopic (exact) mass is 429 g/mol. The predicted molar refractivity (Wildman–Crippen MR) is 116 cm³/mol. The van der Waals surface area contributed by atoms with Crippen molar-refractivity contribution >= 4 is 27.3 Å². The van der Waals surface area contributed by atoms with Gasteiger partial charge in [0.1, 0.15) is 0 Å². The van der Waals surface area contributed by atoms with Crippen LogP contribution in [0.5, 0.6) is 0 Å². The number of hydrogen-bond acceptors (Lipinski definition) is 5. The minimum Gasteiger partial charge on any atom is -0.377 e. The molecule has 0 bridgehead atoms. The van der Waals surface area contributed by atoms with Crippen LogP contribution in [-0.4, -0.2) is 46.7 Å². The molecule has 0 spiro atoms. The van der Waals surface area contributed by atoms with Crippen LogP contribution in [0.15, 0.2) is 53.4 Å². The van der Waals surface area contributed by atoms with Crippen LogP contribution in [-0.2, 0) is 14.8 Å². The van der Waals surface area contributed by atoms with Crippen molar-refractivity contribution in [3.63, 3.8) is 0 Å². The van der Waals surface area contributed by atoms with E-state index in [2.05, 4.69) is 14.9 Å². The lowest BCUT2D eigenvalue weighted by atomic mass is 10.2. The molecule has 7 nitrogen and oxygen atoms in total. The Morgan fingerprint density at radius 1 is 1.07 bits per heavy atom. The largest absolute Gasteiger partial charge is 0.377 e. The van der Waals surface area contributed by atoms with E-state index in [-0.39, 0.29) is 23.5 Å². The number of nitrogens with one attached hydrogen (secondary N) is 2. The second kappa shape index (κ2) is 9.16. The topological polar surface area (TPSA) is 87.7 Å². The highest BCUT2D eigenvalue weighted by molar-refractivity contribution is 7.89. The number of para-hydroxylation sites is 2. The fourth-order valence-corrected chi connectivity index (χ4v) is 5.02. The van der Waals surface area contributed by atoms with E-state index in [0.717, 1.165) is 50.1 Å². The van der Waals surface area contributed by atoms with Crippen LogP contribution < -0.4 is 14.9 Å². The Hall–Kier alpha value is -2.42. The molecule has 2 fully saturated rings. The molecule has 2 heterocycles. The highest BCUT2D eigenvalue weighted by atomic mass is 32.2. The molecule has 0 aliphatic carbocycles. The molecule has 4 rings (SSSR count). The van der Waals surface area contributed by atoms with Gasteiger partial charge in [-0.2, -0.15) is 0 Å². The highest BCUT2D eigenvalue weighted by Gasteiger charge is 2.22. The Morgan fingerprint density at radius 2 is 1.87 bits per heavy atom. The van der Waals surface area contributed by atoms with Gasteiger partial charge in [-0.15, -0.1) is 0 Å². The molecule has 1 amide bonds. The molecule has 2 saturated heterocycles. The number of nitrogens with zero attached hydrogens (tertiary/aromatic N) is 1. The molecule has 0 saturated carbocycles. The molecule has 160 valence electrons. The summed E-state index contributed by atoms with van der Waals surface area (Å²) < 4.78 is 33.3. The summed E-state index contributed by atoms with van der Waals surface area (Å²) in [5.74, 6) is -0.335. The molecule has 8 heteroatoms. The first-order valence-electron chi connectivity index (χ1n) is 10.4. The second-order valence-electron chi connectivity index (χ2n) is 7.68.